The lowest BCUT2D eigenvalue weighted by Gasteiger charge is -2.20. The van der Waals surface area contributed by atoms with E-state index in [1.165, 1.54) is 10.9 Å². The molecule has 0 saturated heterocycles. The number of fused-ring (bicyclic) bond motifs is 1. The standard InChI is InChI=1S/C15H21FN2/c1-12(17-11-15(2,3)16)10-18-9-8-13-6-4-5-7-14(13)18/h4-9,12,17H,10-11H2,1-3H3/t12-/m1/s1. The molecule has 0 spiro atoms. The highest BCUT2D eigenvalue weighted by Crippen LogP contribution is 2.15. The molecule has 1 N–H and O–H groups in total. The second-order valence-corrected chi connectivity index (χ2v) is 5.53. The number of alkyl halides is 1. The number of aromatic nitrogens is 1. The first-order chi connectivity index (χ1) is 8.46. The van der Waals surface area contributed by atoms with Crippen LogP contribution in [0.15, 0.2) is 36.5 Å². The molecule has 2 nitrogen and oxygen atoms in total. The minimum absolute atomic E-state index is 0.246. The van der Waals surface area contributed by atoms with Gasteiger partial charge in [-0.05, 0) is 38.3 Å². The van der Waals surface area contributed by atoms with E-state index in [1.54, 1.807) is 13.8 Å². The van der Waals surface area contributed by atoms with E-state index >= 15 is 0 Å². The number of hydrogen-bond acceptors (Lipinski definition) is 1. The summed E-state index contributed by atoms with van der Waals surface area (Å²) >= 11 is 0. The number of para-hydroxylation sites is 1. The Morgan fingerprint density at radius 1 is 1.28 bits per heavy atom. The molecule has 1 aromatic carbocycles. The molecule has 0 fully saturated rings. The molecule has 0 radical (unpaired) electrons. The topological polar surface area (TPSA) is 17.0 Å². The van der Waals surface area contributed by atoms with Crippen LogP contribution in [0.2, 0.25) is 0 Å². The van der Waals surface area contributed by atoms with Crippen LogP contribution >= 0.6 is 0 Å². The van der Waals surface area contributed by atoms with Gasteiger partial charge in [0, 0.05) is 30.8 Å². The van der Waals surface area contributed by atoms with Gasteiger partial charge in [0.1, 0.15) is 5.67 Å². The van der Waals surface area contributed by atoms with Gasteiger partial charge in [-0.2, -0.15) is 0 Å². The summed E-state index contributed by atoms with van der Waals surface area (Å²) in [7, 11) is 0. The molecule has 0 aliphatic rings. The molecule has 1 heterocycles. The normalized spacial score (nSPS) is 14.0. The number of benzene rings is 1. The summed E-state index contributed by atoms with van der Waals surface area (Å²) < 4.78 is 15.6. The van der Waals surface area contributed by atoms with Crippen molar-refractivity contribution >= 4 is 10.9 Å². The van der Waals surface area contributed by atoms with Crippen molar-refractivity contribution in [3.63, 3.8) is 0 Å². The van der Waals surface area contributed by atoms with Gasteiger partial charge in [0.15, 0.2) is 0 Å². The zero-order chi connectivity index (χ0) is 13.2. The Morgan fingerprint density at radius 3 is 2.72 bits per heavy atom. The van der Waals surface area contributed by atoms with E-state index in [0.717, 1.165) is 6.54 Å². The maximum absolute atomic E-state index is 13.4. The summed E-state index contributed by atoms with van der Waals surface area (Å²) in [5.74, 6) is 0. The van der Waals surface area contributed by atoms with Gasteiger partial charge in [-0.15, -0.1) is 0 Å². The van der Waals surface area contributed by atoms with E-state index in [1.807, 2.05) is 12.1 Å². The molecule has 18 heavy (non-hydrogen) atoms. The Hall–Kier alpha value is -1.35. The third-order valence-corrected chi connectivity index (χ3v) is 3.02. The highest BCUT2D eigenvalue weighted by molar-refractivity contribution is 5.79. The minimum Gasteiger partial charge on any atom is -0.346 e. The quantitative estimate of drug-likeness (QED) is 0.858. The maximum Gasteiger partial charge on any atom is 0.117 e. The lowest BCUT2D eigenvalue weighted by Crippen LogP contribution is -2.38. The maximum atomic E-state index is 13.4. The van der Waals surface area contributed by atoms with Gasteiger partial charge >= 0.3 is 0 Å². The van der Waals surface area contributed by atoms with Gasteiger partial charge in [-0.1, -0.05) is 18.2 Å². The van der Waals surface area contributed by atoms with Crippen LogP contribution in [-0.4, -0.2) is 22.8 Å². The fourth-order valence-corrected chi connectivity index (χ4v) is 2.08. The van der Waals surface area contributed by atoms with E-state index in [0.29, 0.717) is 6.54 Å². The third-order valence-electron chi connectivity index (χ3n) is 3.02. The van der Waals surface area contributed by atoms with E-state index in [2.05, 4.69) is 41.2 Å². The average Bonchev–Trinajstić information content (AvgIpc) is 2.70. The van der Waals surface area contributed by atoms with Crippen molar-refractivity contribution in [1.29, 1.82) is 0 Å². The van der Waals surface area contributed by atoms with Crippen LogP contribution in [0.4, 0.5) is 4.39 Å². The molecule has 1 atom stereocenters. The van der Waals surface area contributed by atoms with Crippen LogP contribution < -0.4 is 5.32 Å². The second-order valence-electron chi connectivity index (χ2n) is 5.53. The fourth-order valence-electron chi connectivity index (χ4n) is 2.08. The summed E-state index contributed by atoms with van der Waals surface area (Å²) in [6.45, 7) is 6.51. The predicted molar refractivity (Wildman–Crippen MR) is 74.6 cm³/mol. The molecule has 0 bridgehead atoms. The average molecular weight is 248 g/mol. The van der Waals surface area contributed by atoms with Crippen molar-refractivity contribution in [3.05, 3.63) is 36.5 Å². The van der Waals surface area contributed by atoms with E-state index in [4.69, 9.17) is 0 Å². The second kappa shape index (κ2) is 5.11. The molecule has 0 saturated carbocycles. The summed E-state index contributed by atoms with van der Waals surface area (Å²) in [6.07, 6.45) is 2.09. The first-order valence-electron chi connectivity index (χ1n) is 6.42. The largest absolute Gasteiger partial charge is 0.346 e. The molecule has 2 rings (SSSR count). The summed E-state index contributed by atoms with van der Waals surface area (Å²) in [5.41, 5.74) is 0.0678. The van der Waals surface area contributed by atoms with Crippen molar-refractivity contribution in [3.8, 4) is 0 Å². The van der Waals surface area contributed by atoms with Crippen LogP contribution in [0.3, 0.4) is 0 Å². The van der Waals surface area contributed by atoms with E-state index in [9.17, 15) is 4.39 Å². The predicted octanol–water partition coefficient (Wildman–Crippen LogP) is 3.37. The number of rotatable bonds is 5. The lowest BCUT2D eigenvalue weighted by atomic mass is 10.1. The van der Waals surface area contributed by atoms with E-state index < -0.39 is 5.67 Å². The smallest absolute Gasteiger partial charge is 0.117 e. The Kier molecular flexibility index (Phi) is 3.71. The highest BCUT2D eigenvalue weighted by atomic mass is 19.1. The van der Waals surface area contributed by atoms with Crippen molar-refractivity contribution in [2.75, 3.05) is 6.54 Å². The van der Waals surface area contributed by atoms with Crippen LogP contribution in [0.1, 0.15) is 20.8 Å². The van der Waals surface area contributed by atoms with Crippen LogP contribution in [-0.2, 0) is 6.54 Å². The van der Waals surface area contributed by atoms with Crippen molar-refractivity contribution in [2.24, 2.45) is 0 Å². The molecule has 3 heteroatoms. The summed E-state index contributed by atoms with van der Waals surface area (Å²) in [4.78, 5) is 0. The van der Waals surface area contributed by atoms with Gasteiger partial charge < -0.3 is 9.88 Å². The fraction of sp³-hybridized carbons (Fsp3) is 0.467. The molecular weight excluding hydrogens is 227 g/mol. The number of nitrogens with one attached hydrogen (secondary N) is 1. The highest BCUT2D eigenvalue weighted by Gasteiger charge is 2.16. The van der Waals surface area contributed by atoms with Crippen LogP contribution in [0, 0.1) is 0 Å². The first-order valence-corrected chi connectivity index (χ1v) is 6.42. The Balaban J connectivity index is 2.01. The Labute approximate surface area is 108 Å². The zero-order valence-corrected chi connectivity index (χ0v) is 11.3. The SMILES string of the molecule is C[C@H](Cn1ccc2ccccc21)NCC(C)(C)F. The van der Waals surface area contributed by atoms with Gasteiger partial charge in [0.05, 0.1) is 0 Å². The molecule has 2 aromatic rings. The monoisotopic (exact) mass is 248 g/mol. The summed E-state index contributed by atoms with van der Waals surface area (Å²) in [6, 6.07) is 10.7. The minimum atomic E-state index is -1.16. The van der Waals surface area contributed by atoms with Crippen LogP contribution in [0.25, 0.3) is 10.9 Å². The Bertz CT molecular complexity index is 510. The lowest BCUT2D eigenvalue weighted by molar-refractivity contribution is 0.202. The third kappa shape index (κ3) is 3.33. The van der Waals surface area contributed by atoms with Gasteiger partial charge in [0.25, 0.3) is 0 Å². The van der Waals surface area contributed by atoms with Gasteiger partial charge in [-0.3, -0.25) is 0 Å². The van der Waals surface area contributed by atoms with Gasteiger partial charge in [0.2, 0.25) is 0 Å². The molecule has 0 aliphatic carbocycles. The Morgan fingerprint density at radius 2 is 2.00 bits per heavy atom. The van der Waals surface area contributed by atoms with Crippen molar-refractivity contribution in [1.82, 2.24) is 9.88 Å². The molecule has 0 amide bonds. The molecule has 0 unspecified atom stereocenters. The molecule has 1 aromatic heterocycles. The molecule has 98 valence electrons. The number of nitrogens with zero attached hydrogens (tertiary/aromatic N) is 1. The van der Waals surface area contributed by atoms with Crippen molar-refractivity contribution < 1.29 is 4.39 Å². The van der Waals surface area contributed by atoms with Crippen LogP contribution in [0.5, 0.6) is 0 Å². The summed E-state index contributed by atoms with van der Waals surface area (Å²) in [5, 5.41) is 4.48. The van der Waals surface area contributed by atoms with Gasteiger partial charge in [-0.25, -0.2) is 4.39 Å². The number of halogens is 1. The van der Waals surface area contributed by atoms with Crippen molar-refractivity contribution in [2.45, 2.75) is 39.0 Å². The zero-order valence-electron chi connectivity index (χ0n) is 11.3. The molecule has 0 aliphatic heterocycles. The van der Waals surface area contributed by atoms with E-state index in [-0.39, 0.29) is 6.04 Å². The number of hydrogen-bond donors (Lipinski definition) is 1. The molecular formula is C15H21FN2. The first kappa shape index (κ1) is 13.1.